The number of ether oxygens (including phenoxy) is 1. The van der Waals surface area contributed by atoms with E-state index in [2.05, 4.69) is 12.0 Å². The first kappa shape index (κ1) is 13.2. The molecule has 1 aromatic heterocycles. The predicted molar refractivity (Wildman–Crippen MR) is 84.7 cm³/mol. The number of benzene rings is 2. The molecule has 0 aliphatic rings. The monoisotopic (exact) mass is 279 g/mol. The van der Waals surface area contributed by atoms with Gasteiger partial charge in [-0.25, -0.2) is 4.68 Å². The van der Waals surface area contributed by atoms with Gasteiger partial charge in [-0.1, -0.05) is 29.8 Å². The number of anilines is 1. The summed E-state index contributed by atoms with van der Waals surface area (Å²) in [4.78, 5) is 0. The molecule has 2 aromatic carbocycles. The van der Waals surface area contributed by atoms with E-state index >= 15 is 0 Å². The number of hydrogen-bond acceptors (Lipinski definition) is 3. The van der Waals surface area contributed by atoms with Crippen molar-refractivity contribution >= 4 is 5.82 Å². The van der Waals surface area contributed by atoms with Crippen LogP contribution in [0.15, 0.2) is 54.7 Å². The highest BCUT2D eigenvalue weighted by Crippen LogP contribution is 2.29. The Hall–Kier alpha value is -2.75. The van der Waals surface area contributed by atoms with Gasteiger partial charge in [-0.2, -0.15) is 5.10 Å². The van der Waals surface area contributed by atoms with Crippen LogP contribution in [0, 0.1) is 6.92 Å². The lowest BCUT2D eigenvalue weighted by atomic mass is 10.1. The fourth-order valence-corrected chi connectivity index (χ4v) is 2.24. The highest BCUT2D eigenvalue weighted by Gasteiger charge is 2.10. The van der Waals surface area contributed by atoms with Gasteiger partial charge in [0.15, 0.2) is 0 Å². The molecular weight excluding hydrogens is 262 g/mol. The first-order valence-electron chi connectivity index (χ1n) is 6.74. The molecule has 0 atom stereocenters. The van der Waals surface area contributed by atoms with Gasteiger partial charge in [0, 0.05) is 5.56 Å². The maximum Gasteiger partial charge on any atom is 0.135 e. The molecule has 0 saturated carbocycles. The zero-order chi connectivity index (χ0) is 14.8. The van der Waals surface area contributed by atoms with E-state index in [9.17, 15) is 0 Å². The molecule has 0 saturated heterocycles. The van der Waals surface area contributed by atoms with Crippen molar-refractivity contribution in [2.24, 2.45) is 0 Å². The van der Waals surface area contributed by atoms with Crippen molar-refractivity contribution in [3.8, 4) is 22.6 Å². The summed E-state index contributed by atoms with van der Waals surface area (Å²) in [6.07, 6.45) is 1.79. The van der Waals surface area contributed by atoms with Gasteiger partial charge < -0.3 is 10.5 Å². The number of methoxy groups -OCH3 is 1. The molecule has 4 nitrogen and oxygen atoms in total. The summed E-state index contributed by atoms with van der Waals surface area (Å²) in [5.41, 5.74) is 10.3. The topological polar surface area (TPSA) is 53.1 Å². The van der Waals surface area contributed by atoms with Gasteiger partial charge in [-0.15, -0.1) is 0 Å². The van der Waals surface area contributed by atoms with E-state index in [0.717, 1.165) is 22.6 Å². The summed E-state index contributed by atoms with van der Waals surface area (Å²) in [5, 5.41) is 4.40. The molecule has 0 fully saturated rings. The Balaban J connectivity index is 2.00. The minimum absolute atomic E-state index is 0.629. The third kappa shape index (κ3) is 2.48. The number of nitrogens with zero attached hydrogens (tertiary/aromatic N) is 2. The average molecular weight is 279 g/mol. The zero-order valence-electron chi connectivity index (χ0n) is 12.1. The minimum Gasteiger partial charge on any atom is -0.497 e. The average Bonchev–Trinajstić information content (AvgIpc) is 2.90. The van der Waals surface area contributed by atoms with Gasteiger partial charge in [0.05, 0.1) is 19.0 Å². The standard InChI is InChI=1S/C17H17N3O/c1-12-3-7-14(8-4-12)20-17(18)16(11-19-20)13-5-9-15(21-2)10-6-13/h3-11H,18H2,1-2H3. The molecule has 0 aliphatic heterocycles. The SMILES string of the molecule is COc1ccc(-c2cnn(-c3ccc(C)cc3)c2N)cc1. The molecule has 3 rings (SSSR count). The van der Waals surface area contributed by atoms with Crippen LogP contribution < -0.4 is 10.5 Å². The summed E-state index contributed by atoms with van der Waals surface area (Å²) in [6.45, 7) is 2.05. The third-order valence-electron chi connectivity index (χ3n) is 3.49. The van der Waals surface area contributed by atoms with Crippen LogP contribution in [0.5, 0.6) is 5.75 Å². The van der Waals surface area contributed by atoms with E-state index in [-0.39, 0.29) is 0 Å². The molecular formula is C17H17N3O. The summed E-state index contributed by atoms with van der Waals surface area (Å²) in [7, 11) is 1.65. The summed E-state index contributed by atoms with van der Waals surface area (Å²) in [5.74, 6) is 1.45. The largest absolute Gasteiger partial charge is 0.497 e. The molecule has 2 N–H and O–H groups in total. The number of nitrogens with two attached hydrogens (primary N) is 1. The summed E-state index contributed by atoms with van der Waals surface area (Å²) in [6, 6.07) is 15.9. The lowest BCUT2D eigenvalue weighted by Crippen LogP contribution is -2.02. The van der Waals surface area contributed by atoms with Crippen molar-refractivity contribution in [3.63, 3.8) is 0 Å². The van der Waals surface area contributed by atoms with Crippen molar-refractivity contribution < 1.29 is 4.74 Å². The molecule has 0 spiro atoms. The van der Waals surface area contributed by atoms with Crippen molar-refractivity contribution in [2.45, 2.75) is 6.92 Å². The number of hydrogen-bond donors (Lipinski definition) is 1. The lowest BCUT2D eigenvalue weighted by Gasteiger charge is -2.06. The highest BCUT2D eigenvalue weighted by atomic mass is 16.5. The van der Waals surface area contributed by atoms with E-state index < -0.39 is 0 Å². The van der Waals surface area contributed by atoms with Crippen LogP contribution in [0.25, 0.3) is 16.8 Å². The molecule has 106 valence electrons. The van der Waals surface area contributed by atoms with E-state index in [0.29, 0.717) is 5.82 Å². The molecule has 1 heterocycles. The Morgan fingerprint density at radius 1 is 1.00 bits per heavy atom. The van der Waals surface area contributed by atoms with Crippen LogP contribution in [0.1, 0.15) is 5.56 Å². The maximum absolute atomic E-state index is 6.25. The molecule has 4 heteroatoms. The molecule has 3 aromatic rings. The van der Waals surface area contributed by atoms with Gasteiger partial charge in [-0.05, 0) is 36.8 Å². The van der Waals surface area contributed by atoms with E-state index in [1.807, 2.05) is 48.5 Å². The quantitative estimate of drug-likeness (QED) is 0.799. The van der Waals surface area contributed by atoms with Crippen molar-refractivity contribution in [1.82, 2.24) is 9.78 Å². The lowest BCUT2D eigenvalue weighted by molar-refractivity contribution is 0.415. The summed E-state index contributed by atoms with van der Waals surface area (Å²) >= 11 is 0. The Morgan fingerprint density at radius 2 is 1.67 bits per heavy atom. The third-order valence-corrected chi connectivity index (χ3v) is 3.49. The van der Waals surface area contributed by atoms with Crippen molar-refractivity contribution in [3.05, 3.63) is 60.3 Å². The van der Waals surface area contributed by atoms with E-state index in [1.54, 1.807) is 18.0 Å². The fourth-order valence-electron chi connectivity index (χ4n) is 2.24. The van der Waals surface area contributed by atoms with Crippen molar-refractivity contribution in [2.75, 3.05) is 12.8 Å². The Morgan fingerprint density at radius 3 is 2.29 bits per heavy atom. The molecule has 0 bridgehead atoms. The van der Waals surface area contributed by atoms with Crippen LogP contribution in [-0.4, -0.2) is 16.9 Å². The number of rotatable bonds is 3. The van der Waals surface area contributed by atoms with Gasteiger partial charge >= 0.3 is 0 Å². The molecule has 21 heavy (non-hydrogen) atoms. The van der Waals surface area contributed by atoms with E-state index in [4.69, 9.17) is 10.5 Å². The number of aryl methyl sites for hydroxylation is 1. The van der Waals surface area contributed by atoms with Crippen LogP contribution in [0.4, 0.5) is 5.82 Å². The Labute approximate surface area is 123 Å². The fraction of sp³-hybridized carbons (Fsp3) is 0.118. The predicted octanol–water partition coefficient (Wildman–Crippen LogP) is 3.44. The highest BCUT2D eigenvalue weighted by molar-refractivity contribution is 5.75. The van der Waals surface area contributed by atoms with Gasteiger partial charge in [-0.3, -0.25) is 0 Å². The number of aromatic nitrogens is 2. The minimum atomic E-state index is 0.629. The van der Waals surface area contributed by atoms with Gasteiger partial charge in [0.25, 0.3) is 0 Å². The molecule has 0 aliphatic carbocycles. The van der Waals surface area contributed by atoms with Crippen LogP contribution >= 0.6 is 0 Å². The first-order valence-corrected chi connectivity index (χ1v) is 6.74. The Kier molecular flexibility index (Phi) is 3.36. The Bertz CT molecular complexity index is 743. The molecule has 0 radical (unpaired) electrons. The van der Waals surface area contributed by atoms with Crippen LogP contribution in [0.3, 0.4) is 0 Å². The van der Waals surface area contributed by atoms with Crippen LogP contribution in [-0.2, 0) is 0 Å². The smallest absolute Gasteiger partial charge is 0.135 e. The van der Waals surface area contributed by atoms with Gasteiger partial charge in [0.1, 0.15) is 11.6 Å². The van der Waals surface area contributed by atoms with Gasteiger partial charge in [0.2, 0.25) is 0 Å². The second-order valence-electron chi connectivity index (χ2n) is 4.92. The van der Waals surface area contributed by atoms with Crippen LogP contribution in [0.2, 0.25) is 0 Å². The molecule has 0 amide bonds. The zero-order valence-corrected chi connectivity index (χ0v) is 12.1. The van der Waals surface area contributed by atoms with Crippen molar-refractivity contribution in [1.29, 1.82) is 0 Å². The normalized spacial score (nSPS) is 10.6. The van der Waals surface area contributed by atoms with E-state index in [1.165, 1.54) is 5.56 Å². The maximum atomic E-state index is 6.25. The molecule has 0 unspecified atom stereocenters. The first-order chi connectivity index (χ1) is 10.2. The number of nitrogen functional groups attached to an aromatic ring is 1. The second kappa shape index (κ2) is 5.32. The second-order valence-corrected chi connectivity index (χ2v) is 4.92. The summed E-state index contributed by atoms with van der Waals surface area (Å²) < 4.78 is 6.92.